The summed E-state index contributed by atoms with van der Waals surface area (Å²) < 4.78 is 0. The Morgan fingerprint density at radius 2 is 1.78 bits per heavy atom. The number of benzene rings is 2. The van der Waals surface area contributed by atoms with Crippen LogP contribution in [0.4, 0.5) is 5.69 Å². The van der Waals surface area contributed by atoms with Crippen molar-refractivity contribution in [2.75, 3.05) is 12.4 Å². The maximum absolute atomic E-state index is 10.8. The molecule has 0 saturated heterocycles. The van der Waals surface area contributed by atoms with E-state index < -0.39 is 5.60 Å². The summed E-state index contributed by atoms with van der Waals surface area (Å²) in [5.74, 6) is 0. The monoisotopic (exact) mass is 261 g/mol. The molecule has 2 rings (SSSR count). The molecule has 0 saturated carbocycles. The molecule has 0 amide bonds. The second-order valence-electron chi connectivity index (χ2n) is 4.38. The van der Waals surface area contributed by atoms with E-state index in [1.807, 2.05) is 43.4 Å². The van der Waals surface area contributed by atoms with E-state index in [2.05, 4.69) is 5.32 Å². The molecule has 3 heteroatoms. The van der Waals surface area contributed by atoms with Crippen molar-refractivity contribution >= 4 is 17.3 Å². The van der Waals surface area contributed by atoms with E-state index in [1.54, 1.807) is 19.1 Å². The molecule has 0 radical (unpaired) electrons. The zero-order chi connectivity index (χ0) is 13.2. The first-order valence-corrected chi connectivity index (χ1v) is 6.19. The van der Waals surface area contributed by atoms with Crippen molar-refractivity contribution in [2.24, 2.45) is 0 Å². The Morgan fingerprint density at radius 1 is 1.11 bits per heavy atom. The van der Waals surface area contributed by atoms with Gasteiger partial charge in [0.1, 0.15) is 5.60 Å². The molecule has 2 N–H and O–H groups in total. The summed E-state index contributed by atoms with van der Waals surface area (Å²) in [6.45, 7) is 1.77. The fraction of sp³-hybridized carbons (Fsp3) is 0.200. The lowest BCUT2D eigenvalue weighted by Crippen LogP contribution is -2.24. The van der Waals surface area contributed by atoms with Crippen LogP contribution in [0.3, 0.4) is 0 Å². The Hall–Kier alpha value is -1.51. The zero-order valence-corrected chi connectivity index (χ0v) is 11.2. The molecule has 0 aromatic heterocycles. The van der Waals surface area contributed by atoms with E-state index >= 15 is 0 Å². The lowest BCUT2D eigenvalue weighted by Gasteiger charge is -2.27. The molecule has 0 aliphatic carbocycles. The van der Waals surface area contributed by atoms with E-state index in [0.717, 1.165) is 16.8 Å². The smallest absolute Gasteiger partial charge is 0.114 e. The molecule has 0 aliphatic rings. The number of nitrogens with one attached hydrogen (secondary N) is 1. The predicted molar refractivity (Wildman–Crippen MR) is 76.1 cm³/mol. The first kappa shape index (κ1) is 12.9. The number of hydrogen-bond donors (Lipinski definition) is 2. The fourth-order valence-electron chi connectivity index (χ4n) is 2.06. The second-order valence-corrected chi connectivity index (χ2v) is 4.81. The number of halogens is 1. The maximum atomic E-state index is 10.8. The minimum atomic E-state index is -1.08. The largest absolute Gasteiger partial charge is 0.388 e. The van der Waals surface area contributed by atoms with Crippen LogP contribution in [-0.2, 0) is 5.60 Å². The van der Waals surface area contributed by atoms with Gasteiger partial charge in [-0.2, -0.15) is 0 Å². The first-order chi connectivity index (χ1) is 8.55. The van der Waals surface area contributed by atoms with Gasteiger partial charge in [0, 0.05) is 23.3 Å². The molecule has 2 aromatic carbocycles. The molecule has 2 nitrogen and oxygen atoms in total. The lowest BCUT2D eigenvalue weighted by atomic mass is 9.87. The van der Waals surface area contributed by atoms with Crippen LogP contribution in [0.2, 0.25) is 5.02 Å². The van der Waals surface area contributed by atoms with Crippen molar-refractivity contribution in [1.29, 1.82) is 0 Å². The molecule has 1 atom stereocenters. The average molecular weight is 262 g/mol. The molecule has 0 fully saturated rings. The lowest BCUT2D eigenvalue weighted by molar-refractivity contribution is 0.103. The van der Waals surface area contributed by atoms with Gasteiger partial charge < -0.3 is 10.4 Å². The number of anilines is 1. The standard InChI is InChI=1S/C15H16ClNO/c1-15(18,11-6-4-3-5-7-11)13-10-12(16)8-9-14(13)17-2/h3-10,17-18H,1-2H3. The topological polar surface area (TPSA) is 32.3 Å². The Balaban J connectivity index is 2.56. The Kier molecular flexibility index (Phi) is 3.60. The first-order valence-electron chi connectivity index (χ1n) is 5.81. The van der Waals surface area contributed by atoms with Gasteiger partial charge in [-0.05, 0) is 30.7 Å². The van der Waals surface area contributed by atoms with Gasteiger partial charge in [0.2, 0.25) is 0 Å². The summed E-state index contributed by atoms with van der Waals surface area (Å²) >= 11 is 6.03. The molecule has 2 aromatic rings. The van der Waals surface area contributed by atoms with Gasteiger partial charge >= 0.3 is 0 Å². The maximum Gasteiger partial charge on any atom is 0.114 e. The van der Waals surface area contributed by atoms with Gasteiger partial charge in [0.05, 0.1) is 0 Å². The third kappa shape index (κ3) is 2.35. The summed E-state index contributed by atoms with van der Waals surface area (Å²) in [5, 5.41) is 14.5. The van der Waals surface area contributed by atoms with E-state index in [0.29, 0.717) is 5.02 Å². The molecule has 0 bridgehead atoms. The molecule has 1 unspecified atom stereocenters. The van der Waals surface area contributed by atoms with E-state index in [9.17, 15) is 5.11 Å². The van der Waals surface area contributed by atoms with E-state index in [-0.39, 0.29) is 0 Å². The van der Waals surface area contributed by atoms with Crippen molar-refractivity contribution in [3.8, 4) is 0 Å². The molecule has 18 heavy (non-hydrogen) atoms. The van der Waals surface area contributed by atoms with Crippen molar-refractivity contribution in [3.05, 3.63) is 64.7 Å². The second kappa shape index (κ2) is 5.01. The highest BCUT2D eigenvalue weighted by molar-refractivity contribution is 6.30. The van der Waals surface area contributed by atoms with Gasteiger partial charge in [-0.3, -0.25) is 0 Å². The molecular weight excluding hydrogens is 246 g/mol. The quantitative estimate of drug-likeness (QED) is 0.884. The molecule has 0 heterocycles. The number of rotatable bonds is 3. The van der Waals surface area contributed by atoms with Crippen molar-refractivity contribution < 1.29 is 5.11 Å². The average Bonchev–Trinajstić information content (AvgIpc) is 2.39. The normalized spacial score (nSPS) is 14.0. The molecule has 94 valence electrons. The van der Waals surface area contributed by atoms with Crippen LogP contribution in [-0.4, -0.2) is 12.2 Å². The third-order valence-corrected chi connectivity index (χ3v) is 3.35. The predicted octanol–water partition coefficient (Wildman–Crippen LogP) is 3.64. The van der Waals surface area contributed by atoms with Gasteiger partial charge in [0.15, 0.2) is 0 Å². The summed E-state index contributed by atoms with van der Waals surface area (Å²) in [4.78, 5) is 0. The number of hydrogen-bond acceptors (Lipinski definition) is 2. The minimum Gasteiger partial charge on any atom is -0.388 e. The van der Waals surface area contributed by atoms with Crippen LogP contribution in [0.25, 0.3) is 0 Å². The Bertz CT molecular complexity index is 537. The van der Waals surface area contributed by atoms with Crippen molar-refractivity contribution in [2.45, 2.75) is 12.5 Å². The van der Waals surface area contributed by atoms with Crippen molar-refractivity contribution in [1.82, 2.24) is 0 Å². The summed E-state index contributed by atoms with van der Waals surface area (Å²) in [5.41, 5.74) is 1.39. The fourth-order valence-corrected chi connectivity index (χ4v) is 2.23. The minimum absolute atomic E-state index is 0.611. The van der Waals surface area contributed by atoms with Gasteiger partial charge in [-0.1, -0.05) is 41.9 Å². The van der Waals surface area contributed by atoms with Crippen LogP contribution in [0.5, 0.6) is 0 Å². The zero-order valence-electron chi connectivity index (χ0n) is 10.4. The molecule has 0 spiro atoms. The van der Waals surface area contributed by atoms with Crippen LogP contribution in [0, 0.1) is 0 Å². The Labute approximate surface area is 112 Å². The van der Waals surface area contributed by atoms with Crippen LogP contribution in [0.15, 0.2) is 48.5 Å². The van der Waals surface area contributed by atoms with Gasteiger partial charge in [-0.25, -0.2) is 0 Å². The van der Waals surface area contributed by atoms with Crippen LogP contribution in [0.1, 0.15) is 18.1 Å². The van der Waals surface area contributed by atoms with E-state index in [4.69, 9.17) is 11.6 Å². The summed E-state index contributed by atoms with van der Waals surface area (Å²) in [6, 6.07) is 15.0. The van der Waals surface area contributed by atoms with Crippen LogP contribution >= 0.6 is 11.6 Å². The third-order valence-electron chi connectivity index (χ3n) is 3.11. The van der Waals surface area contributed by atoms with E-state index in [1.165, 1.54) is 0 Å². The summed E-state index contributed by atoms with van der Waals surface area (Å²) in [6.07, 6.45) is 0. The number of aliphatic hydroxyl groups is 1. The summed E-state index contributed by atoms with van der Waals surface area (Å²) in [7, 11) is 1.83. The van der Waals surface area contributed by atoms with Crippen molar-refractivity contribution in [3.63, 3.8) is 0 Å². The highest BCUT2D eigenvalue weighted by Crippen LogP contribution is 2.35. The molecule has 0 aliphatic heterocycles. The SMILES string of the molecule is CNc1ccc(Cl)cc1C(C)(O)c1ccccc1. The van der Waals surface area contributed by atoms with Gasteiger partial charge in [0.25, 0.3) is 0 Å². The Morgan fingerprint density at radius 3 is 2.39 bits per heavy atom. The van der Waals surface area contributed by atoms with Gasteiger partial charge in [-0.15, -0.1) is 0 Å². The molecular formula is C15H16ClNO. The highest BCUT2D eigenvalue weighted by Gasteiger charge is 2.28. The van der Waals surface area contributed by atoms with Crippen LogP contribution < -0.4 is 5.32 Å². The highest BCUT2D eigenvalue weighted by atomic mass is 35.5.